The van der Waals surface area contributed by atoms with E-state index in [1.165, 1.54) is 25.3 Å². The zero-order valence-corrected chi connectivity index (χ0v) is 10.6. The van der Waals surface area contributed by atoms with Crippen LogP contribution in [0.3, 0.4) is 0 Å². The van der Waals surface area contributed by atoms with Crippen molar-refractivity contribution in [1.82, 2.24) is 5.32 Å². The lowest BCUT2D eigenvalue weighted by atomic mass is 10.1. The molecule has 106 valence electrons. The molecule has 1 aromatic carbocycles. The maximum Gasteiger partial charge on any atom is 0.416 e. The Hall–Kier alpha value is -1.56. The molecular weight excluding hydrogens is 259 g/mol. The first kappa shape index (κ1) is 15.5. The summed E-state index contributed by atoms with van der Waals surface area (Å²) >= 11 is 0. The lowest BCUT2D eigenvalue weighted by molar-refractivity contribution is -0.138. The average molecular weight is 275 g/mol. The van der Waals surface area contributed by atoms with E-state index in [1.807, 2.05) is 0 Å². The quantitative estimate of drug-likeness (QED) is 0.811. The van der Waals surface area contributed by atoms with Crippen molar-refractivity contribution in [3.63, 3.8) is 0 Å². The number of rotatable bonds is 6. The Morgan fingerprint density at radius 1 is 1.32 bits per heavy atom. The highest BCUT2D eigenvalue weighted by Crippen LogP contribution is 2.31. The highest BCUT2D eigenvalue weighted by atomic mass is 19.4. The lowest BCUT2D eigenvalue weighted by Crippen LogP contribution is -2.24. The Kier molecular flexibility index (Phi) is 5.82. The molecule has 0 bridgehead atoms. The molecule has 0 saturated heterocycles. The summed E-state index contributed by atoms with van der Waals surface area (Å²) in [5.41, 5.74) is -0.651. The van der Waals surface area contributed by atoms with Gasteiger partial charge in [0.1, 0.15) is 0 Å². The smallest absolute Gasteiger partial charge is 0.385 e. The van der Waals surface area contributed by atoms with Crippen LogP contribution >= 0.6 is 0 Å². The number of hydrogen-bond acceptors (Lipinski definition) is 2. The molecule has 0 aliphatic rings. The Bertz CT molecular complexity index is 419. The maximum absolute atomic E-state index is 12.7. The van der Waals surface area contributed by atoms with Gasteiger partial charge in [-0.05, 0) is 18.1 Å². The monoisotopic (exact) mass is 275 g/mol. The van der Waals surface area contributed by atoms with Crippen LogP contribution in [-0.4, -0.2) is 19.6 Å². The van der Waals surface area contributed by atoms with Gasteiger partial charge >= 0.3 is 6.18 Å². The zero-order chi connectivity index (χ0) is 14.3. The van der Waals surface area contributed by atoms with Crippen molar-refractivity contribution >= 4 is 5.91 Å². The van der Waals surface area contributed by atoms with E-state index < -0.39 is 11.7 Å². The minimum absolute atomic E-state index is 0.0649. The van der Waals surface area contributed by atoms with Crippen molar-refractivity contribution in [2.75, 3.05) is 13.7 Å². The number of hydrogen-bond donors (Lipinski definition) is 1. The van der Waals surface area contributed by atoms with Gasteiger partial charge in [0.05, 0.1) is 5.56 Å². The Morgan fingerprint density at radius 2 is 2.00 bits per heavy atom. The normalized spacial score (nSPS) is 11.4. The summed E-state index contributed by atoms with van der Waals surface area (Å²) in [7, 11) is 1.53. The molecule has 0 saturated carbocycles. The number of alkyl halides is 3. The molecule has 19 heavy (non-hydrogen) atoms. The number of amides is 1. The van der Waals surface area contributed by atoms with E-state index in [9.17, 15) is 18.0 Å². The lowest BCUT2D eigenvalue weighted by Gasteiger charge is -2.13. The fraction of sp³-hybridized carbons (Fsp3) is 0.462. The highest BCUT2D eigenvalue weighted by molar-refractivity contribution is 5.75. The predicted octanol–water partition coefficient (Wildman–Crippen LogP) is 2.75. The highest BCUT2D eigenvalue weighted by Gasteiger charge is 2.32. The minimum Gasteiger partial charge on any atom is -0.385 e. The van der Waals surface area contributed by atoms with Gasteiger partial charge in [-0.15, -0.1) is 0 Å². The number of ether oxygens (including phenoxy) is 1. The standard InChI is InChI=1S/C13H16F3NO2/c1-19-8-4-7-12(18)17-9-10-5-2-3-6-11(10)13(14,15)16/h2-3,5-6H,4,7-9H2,1H3,(H,17,18). The number of carbonyl (C=O) groups excluding carboxylic acids is 1. The third kappa shape index (κ3) is 5.30. The van der Waals surface area contributed by atoms with Gasteiger partial charge in [0, 0.05) is 26.7 Å². The first-order chi connectivity index (χ1) is 8.95. The SMILES string of the molecule is COCCCC(=O)NCc1ccccc1C(F)(F)F. The van der Waals surface area contributed by atoms with Crippen molar-refractivity contribution in [3.8, 4) is 0 Å². The van der Waals surface area contributed by atoms with Crippen LogP contribution in [0.5, 0.6) is 0 Å². The van der Waals surface area contributed by atoms with Crippen LogP contribution in [0.15, 0.2) is 24.3 Å². The third-order valence-electron chi connectivity index (χ3n) is 2.55. The van der Waals surface area contributed by atoms with Gasteiger partial charge in [0.25, 0.3) is 0 Å². The van der Waals surface area contributed by atoms with Crippen LogP contribution in [0.4, 0.5) is 13.2 Å². The molecule has 0 heterocycles. The number of halogens is 3. The van der Waals surface area contributed by atoms with Crippen LogP contribution in [0.1, 0.15) is 24.0 Å². The third-order valence-corrected chi connectivity index (χ3v) is 2.55. The van der Waals surface area contributed by atoms with E-state index in [2.05, 4.69) is 5.32 Å². The van der Waals surface area contributed by atoms with E-state index in [1.54, 1.807) is 0 Å². The molecule has 0 spiro atoms. The molecule has 1 N–H and O–H groups in total. The summed E-state index contributed by atoms with van der Waals surface area (Å²) < 4.78 is 42.9. The van der Waals surface area contributed by atoms with Crippen molar-refractivity contribution in [2.45, 2.75) is 25.6 Å². The van der Waals surface area contributed by atoms with Gasteiger partial charge in [0.2, 0.25) is 5.91 Å². The molecule has 0 atom stereocenters. The largest absolute Gasteiger partial charge is 0.416 e. The predicted molar refractivity (Wildman–Crippen MR) is 64.4 cm³/mol. The molecule has 0 aromatic heterocycles. The second kappa shape index (κ2) is 7.13. The molecular formula is C13H16F3NO2. The number of methoxy groups -OCH3 is 1. The second-order valence-electron chi connectivity index (χ2n) is 4.03. The summed E-state index contributed by atoms with van der Waals surface area (Å²) in [6.07, 6.45) is -3.62. The molecule has 1 rings (SSSR count). The van der Waals surface area contributed by atoms with Crippen LogP contribution in [0.2, 0.25) is 0 Å². The molecule has 0 aliphatic heterocycles. The van der Waals surface area contributed by atoms with Gasteiger partial charge in [-0.2, -0.15) is 13.2 Å². The van der Waals surface area contributed by atoms with E-state index >= 15 is 0 Å². The fourth-order valence-corrected chi connectivity index (χ4v) is 1.61. The Balaban J connectivity index is 2.56. The second-order valence-corrected chi connectivity index (χ2v) is 4.03. The molecule has 0 unspecified atom stereocenters. The van der Waals surface area contributed by atoms with Gasteiger partial charge in [-0.25, -0.2) is 0 Å². The van der Waals surface area contributed by atoms with E-state index in [-0.39, 0.29) is 24.4 Å². The number of nitrogens with one attached hydrogen (secondary N) is 1. The number of benzene rings is 1. The fourth-order valence-electron chi connectivity index (χ4n) is 1.61. The Labute approximate surface area is 109 Å². The average Bonchev–Trinajstić information content (AvgIpc) is 2.36. The van der Waals surface area contributed by atoms with E-state index in [0.717, 1.165) is 6.07 Å². The van der Waals surface area contributed by atoms with Crippen LogP contribution < -0.4 is 5.32 Å². The van der Waals surface area contributed by atoms with Gasteiger partial charge in [0.15, 0.2) is 0 Å². The topological polar surface area (TPSA) is 38.3 Å². The molecule has 0 fully saturated rings. The molecule has 3 nitrogen and oxygen atoms in total. The van der Waals surface area contributed by atoms with Crippen LogP contribution in [0.25, 0.3) is 0 Å². The van der Waals surface area contributed by atoms with E-state index in [4.69, 9.17) is 4.74 Å². The summed E-state index contributed by atoms with van der Waals surface area (Å²) in [6, 6.07) is 5.21. The molecule has 1 amide bonds. The van der Waals surface area contributed by atoms with Crippen molar-refractivity contribution in [1.29, 1.82) is 0 Å². The van der Waals surface area contributed by atoms with E-state index in [0.29, 0.717) is 13.0 Å². The molecule has 0 radical (unpaired) electrons. The Morgan fingerprint density at radius 3 is 2.63 bits per heavy atom. The summed E-state index contributed by atoms with van der Waals surface area (Å²) in [5, 5.41) is 2.48. The van der Waals surface area contributed by atoms with Gasteiger partial charge < -0.3 is 10.1 Å². The van der Waals surface area contributed by atoms with Gasteiger partial charge in [-0.3, -0.25) is 4.79 Å². The molecule has 1 aromatic rings. The summed E-state index contributed by atoms with van der Waals surface area (Å²) in [5.74, 6) is -0.283. The summed E-state index contributed by atoms with van der Waals surface area (Å²) in [6.45, 7) is 0.327. The van der Waals surface area contributed by atoms with Crippen LogP contribution in [-0.2, 0) is 22.3 Å². The first-order valence-electron chi connectivity index (χ1n) is 5.86. The van der Waals surface area contributed by atoms with Crippen molar-refractivity contribution in [3.05, 3.63) is 35.4 Å². The van der Waals surface area contributed by atoms with Crippen molar-refractivity contribution in [2.24, 2.45) is 0 Å². The van der Waals surface area contributed by atoms with Crippen LogP contribution in [0, 0.1) is 0 Å². The molecule has 6 heteroatoms. The first-order valence-corrected chi connectivity index (χ1v) is 5.86. The maximum atomic E-state index is 12.7. The zero-order valence-electron chi connectivity index (χ0n) is 10.6. The number of carbonyl (C=O) groups is 1. The minimum atomic E-state index is -4.41. The van der Waals surface area contributed by atoms with Crippen molar-refractivity contribution < 1.29 is 22.7 Å². The summed E-state index contributed by atoms with van der Waals surface area (Å²) in [4.78, 5) is 11.4. The molecule has 0 aliphatic carbocycles. The van der Waals surface area contributed by atoms with Gasteiger partial charge in [-0.1, -0.05) is 18.2 Å².